The Hall–Kier alpha value is -4.99. The average molecular weight is 777 g/mol. The number of ether oxygens (including phenoxy) is 3. The molecule has 4 aliphatic rings. The fraction of sp³-hybridized carbons (Fsp3) is 0.564. The number of thiazole rings is 1. The molecule has 2 aliphatic heterocycles. The normalized spacial score (nSPS) is 26.2. The van der Waals surface area contributed by atoms with E-state index >= 15 is 0 Å². The van der Waals surface area contributed by atoms with Gasteiger partial charge in [-0.2, -0.15) is 0 Å². The Kier molecular flexibility index (Phi) is 11.4. The van der Waals surface area contributed by atoms with E-state index < -0.39 is 47.6 Å². The number of carboxylic acid groups (broad SMARTS) is 1. The summed E-state index contributed by atoms with van der Waals surface area (Å²) in [5, 5.41) is 21.5. The van der Waals surface area contributed by atoms with Gasteiger partial charge in [0.2, 0.25) is 17.7 Å². The first kappa shape index (κ1) is 38.3. The zero-order valence-electron chi connectivity index (χ0n) is 31.1. The Bertz CT molecular complexity index is 1950. The maximum Gasteiger partial charge on any atom is 0.408 e. The highest BCUT2D eigenvalue weighted by molar-refractivity contribution is 7.14. The van der Waals surface area contributed by atoms with E-state index in [1.807, 2.05) is 6.07 Å². The molecule has 0 spiro atoms. The zero-order valence-corrected chi connectivity index (χ0v) is 32.0. The Morgan fingerprint density at radius 3 is 2.45 bits per heavy atom. The predicted octanol–water partition coefficient (Wildman–Crippen LogP) is 5.41. The first-order valence-electron chi connectivity index (χ1n) is 19.2. The van der Waals surface area contributed by atoms with Crippen molar-refractivity contribution in [1.29, 1.82) is 0 Å². The number of carboxylic acids is 1. The summed E-state index contributed by atoms with van der Waals surface area (Å²) in [6.45, 7) is 1.41. The molecule has 5 atom stereocenters. The van der Waals surface area contributed by atoms with Gasteiger partial charge in [-0.1, -0.05) is 32.1 Å². The molecule has 55 heavy (non-hydrogen) atoms. The number of aromatic nitrogens is 2. The molecule has 2 saturated carbocycles. The summed E-state index contributed by atoms with van der Waals surface area (Å²) in [7, 11) is 1.55. The highest BCUT2D eigenvalue weighted by atomic mass is 32.1. The number of carbonyl (C=O) groups excluding carboxylic acids is 4. The second-order valence-electron chi connectivity index (χ2n) is 15.1. The van der Waals surface area contributed by atoms with Gasteiger partial charge in [0.25, 0.3) is 0 Å². The lowest BCUT2D eigenvalue weighted by Gasteiger charge is -2.29. The minimum Gasteiger partial charge on any atom is -0.497 e. The van der Waals surface area contributed by atoms with Crippen molar-refractivity contribution < 1.29 is 43.3 Å². The second kappa shape index (κ2) is 16.4. The maximum atomic E-state index is 14.5. The summed E-state index contributed by atoms with van der Waals surface area (Å²) in [5.41, 5.74) is 0.148. The van der Waals surface area contributed by atoms with Crippen LogP contribution in [0, 0.1) is 5.92 Å². The Morgan fingerprint density at radius 2 is 1.71 bits per heavy atom. The van der Waals surface area contributed by atoms with Crippen LogP contribution in [-0.4, -0.2) is 93.2 Å². The van der Waals surface area contributed by atoms with E-state index in [1.165, 1.54) is 23.2 Å². The maximum absolute atomic E-state index is 14.5. The molecule has 4 amide bonds. The standard InChI is InChI=1S/C39H48N6O9S/c1-22(46)40-37-42-31(21-55-37)30-18-33(27-15-14-25(52-2)16-29(27)41-30)53-26-17-32-34(47)44-39(36(49)50)19-23(39)10-6-4-3-5-7-13-28(35(48)45(32)20-26)43-38(51)54-24-11-8-9-12-24/h14-16,18,21,23-24,26,28,32H,3-13,17,19-20H2,1-2H3,(H,43,51)(H,44,47)(H,49,50)(H,40,42,46)/t23?,26-,28+,32+,39-/m1/s1. The molecule has 4 N–H and O–H groups in total. The van der Waals surface area contributed by atoms with Crippen LogP contribution in [0.4, 0.5) is 9.93 Å². The number of hydrogen-bond acceptors (Lipinski definition) is 11. The Labute approximate surface area is 322 Å². The van der Waals surface area contributed by atoms with Crippen molar-refractivity contribution in [3.8, 4) is 22.9 Å². The summed E-state index contributed by atoms with van der Waals surface area (Å²) in [5.74, 6) is -1.53. The van der Waals surface area contributed by atoms with E-state index in [0.717, 1.165) is 51.4 Å². The van der Waals surface area contributed by atoms with Gasteiger partial charge >= 0.3 is 12.1 Å². The van der Waals surface area contributed by atoms with Crippen molar-refractivity contribution in [1.82, 2.24) is 25.5 Å². The van der Waals surface area contributed by atoms with Gasteiger partial charge in [-0.3, -0.25) is 14.4 Å². The van der Waals surface area contributed by atoms with Crippen LogP contribution in [0.2, 0.25) is 0 Å². The van der Waals surface area contributed by atoms with Crippen LogP contribution in [0.15, 0.2) is 29.6 Å². The number of benzene rings is 1. The van der Waals surface area contributed by atoms with Crippen LogP contribution in [0.1, 0.15) is 90.4 Å². The molecule has 7 rings (SSSR count). The van der Waals surface area contributed by atoms with Gasteiger partial charge in [0.05, 0.1) is 24.9 Å². The topological polar surface area (TPSA) is 198 Å². The molecule has 15 nitrogen and oxygen atoms in total. The second-order valence-corrected chi connectivity index (χ2v) is 16.0. The van der Waals surface area contributed by atoms with Crippen molar-refractivity contribution in [2.24, 2.45) is 5.92 Å². The van der Waals surface area contributed by atoms with E-state index in [4.69, 9.17) is 19.2 Å². The lowest BCUT2D eigenvalue weighted by Crippen LogP contribution is -2.56. The van der Waals surface area contributed by atoms with E-state index in [2.05, 4.69) is 20.9 Å². The minimum atomic E-state index is -1.38. The number of hydrogen-bond donors (Lipinski definition) is 4. The number of aliphatic carboxylic acids is 1. The number of anilines is 1. The summed E-state index contributed by atoms with van der Waals surface area (Å²) < 4.78 is 17.8. The van der Waals surface area contributed by atoms with Crippen molar-refractivity contribution in [3.05, 3.63) is 29.6 Å². The van der Waals surface area contributed by atoms with Gasteiger partial charge in [0.15, 0.2) is 5.13 Å². The molecule has 4 fully saturated rings. The summed E-state index contributed by atoms with van der Waals surface area (Å²) in [6, 6.07) is 5.09. The van der Waals surface area contributed by atoms with Crippen LogP contribution < -0.4 is 25.4 Å². The van der Waals surface area contributed by atoms with Crippen LogP contribution >= 0.6 is 11.3 Å². The van der Waals surface area contributed by atoms with Crippen LogP contribution in [0.25, 0.3) is 22.3 Å². The number of nitrogens with one attached hydrogen (secondary N) is 3. The summed E-state index contributed by atoms with van der Waals surface area (Å²) in [4.78, 5) is 76.9. The van der Waals surface area contributed by atoms with Crippen molar-refractivity contribution in [3.63, 3.8) is 0 Å². The lowest BCUT2D eigenvalue weighted by atomic mass is 10.0. The molecule has 2 aliphatic carbocycles. The fourth-order valence-corrected chi connectivity index (χ4v) is 8.95. The highest BCUT2D eigenvalue weighted by Crippen LogP contribution is 2.47. The smallest absolute Gasteiger partial charge is 0.408 e. The third kappa shape index (κ3) is 8.63. The molecule has 0 bridgehead atoms. The molecule has 294 valence electrons. The van der Waals surface area contributed by atoms with Crippen LogP contribution in [0.3, 0.4) is 0 Å². The van der Waals surface area contributed by atoms with E-state index in [-0.39, 0.29) is 30.9 Å². The molecule has 16 heteroatoms. The number of nitrogens with zero attached hydrogens (tertiary/aromatic N) is 3. The molecular weight excluding hydrogens is 729 g/mol. The van der Waals surface area contributed by atoms with Gasteiger partial charge in [0.1, 0.15) is 47.0 Å². The SMILES string of the molecule is COc1ccc2c(O[C@@H]3C[C@H]4C(=O)N[C@]5(C(=O)O)CC5CCCCCCC[C@H](NC(=O)OC5CCCC5)C(=O)N4C3)cc(-c3csc(NC(C)=O)n3)nc2c1. The minimum absolute atomic E-state index is 0.00889. The number of alkyl carbamates (subject to hydrolysis) is 1. The highest BCUT2D eigenvalue weighted by Gasteiger charge is 2.62. The number of rotatable bonds is 8. The third-order valence-corrected chi connectivity index (χ3v) is 12.0. The fourth-order valence-electron chi connectivity index (χ4n) is 8.20. The third-order valence-electron chi connectivity index (χ3n) is 11.2. The number of amides is 4. The molecule has 1 unspecified atom stereocenters. The molecule has 0 radical (unpaired) electrons. The molecule has 4 heterocycles. The van der Waals surface area contributed by atoms with Crippen LogP contribution in [0.5, 0.6) is 11.5 Å². The molecule has 1 aromatic carbocycles. The predicted molar refractivity (Wildman–Crippen MR) is 203 cm³/mol. The van der Waals surface area contributed by atoms with Crippen molar-refractivity contribution in [2.45, 2.75) is 120 Å². The van der Waals surface area contributed by atoms with Crippen molar-refractivity contribution >= 4 is 57.2 Å². The molecule has 2 saturated heterocycles. The van der Waals surface area contributed by atoms with E-state index in [0.29, 0.717) is 64.6 Å². The zero-order chi connectivity index (χ0) is 38.7. The molecular formula is C39H48N6O9S. The van der Waals surface area contributed by atoms with Gasteiger partial charge < -0.3 is 40.2 Å². The van der Waals surface area contributed by atoms with E-state index in [1.54, 1.807) is 30.7 Å². The number of carbonyl (C=O) groups is 5. The van der Waals surface area contributed by atoms with Crippen molar-refractivity contribution in [2.75, 3.05) is 19.0 Å². The monoisotopic (exact) mass is 776 g/mol. The quantitative estimate of drug-likeness (QED) is 0.228. The van der Waals surface area contributed by atoms with Gasteiger partial charge in [-0.25, -0.2) is 19.6 Å². The lowest BCUT2D eigenvalue weighted by molar-refractivity contribution is -0.146. The largest absolute Gasteiger partial charge is 0.497 e. The average Bonchev–Trinajstić information content (AvgIpc) is 3.58. The molecule has 3 aromatic rings. The number of pyridine rings is 1. The number of fused-ring (bicyclic) bond motifs is 3. The van der Waals surface area contributed by atoms with Gasteiger partial charge in [-0.05, 0) is 63.0 Å². The Morgan fingerprint density at radius 1 is 0.964 bits per heavy atom. The van der Waals surface area contributed by atoms with Gasteiger partial charge in [0, 0.05) is 36.2 Å². The van der Waals surface area contributed by atoms with Gasteiger partial charge in [-0.15, -0.1) is 11.3 Å². The first-order valence-corrected chi connectivity index (χ1v) is 20.1. The van der Waals surface area contributed by atoms with E-state index in [9.17, 15) is 29.1 Å². The Balaban J connectivity index is 1.20. The van der Waals surface area contributed by atoms with Crippen LogP contribution in [-0.2, 0) is 23.9 Å². The summed E-state index contributed by atoms with van der Waals surface area (Å²) >= 11 is 1.25. The first-order chi connectivity index (χ1) is 26.5. The molecule has 2 aromatic heterocycles. The number of methoxy groups -OCH3 is 1. The summed E-state index contributed by atoms with van der Waals surface area (Å²) in [6.07, 6.45) is 7.66.